The first-order valence-corrected chi connectivity index (χ1v) is 21.5. The van der Waals surface area contributed by atoms with Crippen molar-refractivity contribution in [2.45, 2.75) is 26.3 Å². The molecule has 0 saturated heterocycles. The molecule has 0 fully saturated rings. The maximum Gasteiger partial charge on any atom is 0.253 e. The zero-order valence-corrected chi connectivity index (χ0v) is 41.6. The van der Waals surface area contributed by atoms with E-state index in [4.69, 9.17) is 0 Å². The molecule has 0 saturated carbocycles. The van der Waals surface area contributed by atoms with Crippen LogP contribution in [0.5, 0.6) is 0 Å². The average Bonchev–Trinajstić information content (AvgIpc) is 3.59. The maximum absolute atomic E-state index is 12.9. The number of hydrogen-bond donors (Lipinski definition) is 2. The predicted molar refractivity (Wildman–Crippen MR) is 243 cm³/mol. The van der Waals surface area contributed by atoms with Crippen LogP contribution in [0, 0.1) is 0 Å². The highest BCUT2D eigenvalue weighted by molar-refractivity contribution is 6.13. The molecule has 2 N–H and O–H groups in total. The summed E-state index contributed by atoms with van der Waals surface area (Å²) in [6.45, 7) is -1.45. The predicted octanol–water partition coefficient (Wildman–Crippen LogP) is -6.47. The fraction of sp³-hybridized carbons (Fsp3) is 0.619. The van der Waals surface area contributed by atoms with E-state index in [-0.39, 0.29) is 38.5 Å². The average molecular weight is 978 g/mol. The molecular weight excluding hydrogens is 911 g/mol. The van der Waals surface area contributed by atoms with Crippen molar-refractivity contribution in [3.05, 3.63) is 12.2 Å². The number of hydrogen-bond acceptors (Lipinski definition) is 14. The van der Waals surface area contributed by atoms with Crippen molar-refractivity contribution in [1.82, 2.24) is 64.5 Å². The van der Waals surface area contributed by atoms with Gasteiger partial charge in [-0.3, -0.25) is 72.0 Å². The highest BCUT2D eigenvalue weighted by Gasteiger charge is 2.28. The second-order valence-corrected chi connectivity index (χ2v) is 16.6. The number of rotatable bonds is 26. The molecule has 27 heteroatoms. The van der Waals surface area contributed by atoms with Gasteiger partial charge in [-0.15, -0.1) is 0 Å². The van der Waals surface area contributed by atoms with E-state index in [0.717, 1.165) is 61.2 Å². The fourth-order valence-corrected chi connectivity index (χ4v) is 5.69. The highest BCUT2D eigenvalue weighted by atomic mass is 16.2. The fourth-order valence-electron chi connectivity index (χ4n) is 5.69. The minimum absolute atomic E-state index is 0.0393. The lowest BCUT2D eigenvalue weighted by Gasteiger charge is -2.27. The molecule has 1 rings (SSSR count). The van der Waals surface area contributed by atoms with Gasteiger partial charge in [-0.1, -0.05) is 6.92 Å². The third-order valence-electron chi connectivity index (χ3n) is 10.7. The van der Waals surface area contributed by atoms with E-state index in [1.807, 2.05) is 0 Å². The summed E-state index contributed by atoms with van der Waals surface area (Å²) in [7, 11) is 13.4. The first-order chi connectivity index (χ1) is 32.0. The molecule has 1 aliphatic heterocycles. The molecule has 0 aliphatic carbocycles. The van der Waals surface area contributed by atoms with Gasteiger partial charge in [0.15, 0.2) is 0 Å². The van der Waals surface area contributed by atoms with Gasteiger partial charge in [-0.25, -0.2) is 0 Å². The Kier molecular flexibility index (Phi) is 24.2. The largest absolute Gasteiger partial charge is 0.353 e. The van der Waals surface area contributed by atoms with Crippen LogP contribution in [0.2, 0.25) is 0 Å². The van der Waals surface area contributed by atoms with Crippen LogP contribution in [0.4, 0.5) is 0 Å². The van der Waals surface area contributed by atoms with Gasteiger partial charge in [-0.2, -0.15) is 0 Å². The zero-order chi connectivity index (χ0) is 53.0. The third-order valence-corrected chi connectivity index (χ3v) is 10.7. The maximum atomic E-state index is 12.9. The lowest BCUT2D eigenvalue weighted by molar-refractivity contribution is -0.146. The second kappa shape index (κ2) is 28.0. The molecule has 69 heavy (non-hydrogen) atoms. The lowest BCUT2D eigenvalue weighted by atomic mass is 10.2. The first-order valence-electron chi connectivity index (χ1n) is 21.5. The van der Waals surface area contributed by atoms with Crippen molar-refractivity contribution in [2.24, 2.45) is 0 Å². The number of imide groups is 1. The van der Waals surface area contributed by atoms with Gasteiger partial charge in [0, 0.05) is 103 Å². The van der Waals surface area contributed by atoms with Gasteiger partial charge in [0.1, 0.15) is 6.04 Å². The molecule has 1 aliphatic rings. The monoisotopic (exact) mass is 977 g/mol. The Morgan fingerprint density at radius 1 is 0.435 bits per heavy atom. The molecule has 0 spiro atoms. The van der Waals surface area contributed by atoms with Crippen LogP contribution in [0.1, 0.15) is 20.3 Å². The van der Waals surface area contributed by atoms with Crippen LogP contribution in [0.25, 0.3) is 0 Å². The zero-order valence-electron chi connectivity index (χ0n) is 41.6. The quantitative estimate of drug-likeness (QED) is 0.0763. The molecule has 0 radical (unpaired) electrons. The number of nitrogens with one attached hydrogen (secondary N) is 2. The number of nitrogens with zero attached hydrogens (tertiary/aromatic N) is 11. The molecule has 1 heterocycles. The summed E-state index contributed by atoms with van der Waals surface area (Å²) in [5.74, 6) is -8.08. The van der Waals surface area contributed by atoms with Crippen LogP contribution in [-0.2, 0) is 67.1 Å². The number of carbonyl (C=O) groups is 14. The van der Waals surface area contributed by atoms with Gasteiger partial charge < -0.3 is 59.6 Å². The van der Waals surface area contributed by atoms with E-state index in [9.17, 15) is 67.1 Å². The van der Waals surface area contributed by atoms with Crippen molar-refractivity contribution >= 4 is 82.7 Å². The van der Waals surface area contributed by atoms with E-state index in [2.05, 4.69) is 10.6 Å². The van der Waals surface area contributed by atoms with Crippen molar-refractivity contribution in [2.75, 3.05) is 149 Å². The van der Waals surface area contributed by atoms with Gasteiger partial charge in [-0.05, 0) is 6.42 Å². The molecule has 0 aromatic heterocycles. The van der Waals surface area contributed by atoms with Crippen LogP contribution in [0.3, 0.4) is 0 Å². The first kappa shape index (κ1) is 59.5. The van der Waals surface area contributed by atoms with Gasteiger partial charge in [0.2, 0.25) is 70.9 Å². The van der Waals surface area contributed by atoms with Crippen LogP contribution in [-0.4, -0.2) is 292 Å². The standard InChI is InChI=1S/C42H67N13O14/c1-13-29(42(69)43-16-17-55-31(58)14-15-32(55)59)44-30(57)18-46(4)34(61)20-48(6)36(63)22-50(8)38(65)24-52(10)40(67)26-54(12)41(68)27-53(11)39(66)25-51(9)37(64)23-49(7)35(62)21-47(5)33(60)19-45(3)28(2)56/h14-15,29H,13,16-27H2,1-12H3,(H,43,69)(H,44,57)/t29-/m0/s1. The molecule has 27 nitrogen and oxygen atoms in total. The summed E-state index contributed by atoms with van der Waals surface area (Å²) in [5, 5.41) is 5.07. The van der Waals surface area contributed by atoms with Crippen molar-refractivity contribution in [1.29, 1.82) is 0 Å². The Morgan fingerprint density at radius 2 is 0.681 bits per heavy atom. The molecule has 14 amide bonds. The Balaban J connectivity index is 2.53. The Hall–Kier alpha value is -7.48. The SMILES string of the molecule is CC[C@H](NC(=O)CN(C)C(=O)CN(C)C(=O)CN(C)C(=O)CN(C)C(=O)CN(C)C(=O)CN(C)C(=O)CN(C)C(=O)CN(C)C(=O)CN(C)C(=O)CN(C)C(C)=O)C(=O)NCCN1C(=O)C=CC1=O. The lowest BCUT2D eigenvalue weighted by Crippen LogP contribution is -2.51. The number of likely N-dealkylation sites (N-methyl/N-ethyl adjacent to an activating group) is 10. The molecular formula is C42H67N13O14. The molecule has 0 unspecified atom stereocenters. The topological polar surface area (TPSA) is 299 Å². The third kappa shape index (κ3) is 20.1. The van der Waals surface area contributed by atoms with E-state index >= 15 is 0 Å². The van der Waals surface area contributed by atoms with Crippen molar-refractivity contribution in [3.63, 3.8) is 0 Å². The number of amides is 14. The molecule has 384 valence electrons. The van der Waals surface area contributed by atoms with E-state index in [0.29, 0.717) is 0 Å². The normalized spacial score (nSPS) is 12.0. The summed E-state index contributed by atoms with van der Waals surface area (Å²) in [4.78, 5) is 187. The smallest absolute Gasteiger partial charge is 0.253 e. The van der Waals surface area contributed by atoms with Gasteiger partial charge in [0.25, 0.3) is 11.8 Å². The molecule has 0 bridgehead atoms. The van der Waals surface area contributed by atoms with Gasteiger partial charge in [0.05, 0.1) is 65.4 Å². The van der Waals surface area contributed by atoms with E-state index in [1.165, 1.54) is 82.3 Å². The Bertz CT molecular complexity index is 2010. The Labute approximate surface area is 401 Å². The van der Waals surface area contributed by atoms with Crippen molar-refractivity contribution in [3.8, 4) is 0 Å². The highest BCUT2D eigenvalue weighted by Crippen LogP contribution is 2.04. The Morgan fingerprint density at radius 3 is 0.928 bits per heavy atom. The summed E-state index contributed by atoms with van der Waals surface area (Å²) in [6.07, 6.45) is 2.43. The van der Waals surface area contributed by atoms with E-state index in [1.54, 1.807) is 6.92 Å². The van der Waals surface area contributed by atoms with Crippen LogP contribution in [0.15, 0.2) is 12.2 Å². The molecule has 1 atom stereocenters. The molecule has 0 aromatic rings. The summed E-state index contributed by atoms with van der Waals surface area (Å²) in [6, 6.07) is -0.972. The van der Waals surface area contributed by atoms with Crippen LogP contribution < -0.4 is 10.6 Å². The van der Waals surface area contributed by atoms with Crippen molar-refractivity contribution < 1.29 is 67.1 Å². The summed E-state index contributed by atoms with van der Waals surface area (Å²) < 4.78 is 0. The van der Waals surface area contributed by atoms with Crippen LogP contribution >= 0.6 is 0 Å². The number of carbonyl (C=O) groups excluding carboxylic acids is 14. The molecule has 0 aromatic carbocycles. The second-order valence-electron chi connectivity index (χ2n) is 16.6. The van der Waals surface area contributed by atoms with Gasteiger partial charge >= 0.3 is 0 Å². The summed E-state index contributed by atoms with van der Waals surface area (Å²) in [5.41, 5.74) is 0. The minimum Gasteiger partial charge on any atom is -0.353 e. The summed E-state index contributed by atoms with van der Waals surface area (Å²) >= 11 is 0. The van der Waals surface area contributed by atoms with E-state index < -0.39 is 135 Å². The minimum atomic E-state index is -0.972.